The largest absolute Gasteiger partial charge is 0.291 e. The SMILES string of the molecule is O=[N+]([O-])c1cc(Br)c(Br)c([N+](=O)[O-])c1. The van der Waals surface area contributed by atoms with Gasteiger partial charge in [0.1, 0.15) is 4.47 Å². The zero-order chi connectivity index (χ0) is 10.9. The van der Waals surface area contributed by atoms with Gasteiger partial charge >= 0.3 is 0 Å². The van der Waals surface area contributed by atoms with Crippen molar-refractivity contribution in [2.75, 3.05) is 0 Å². The molecule has 6 nitrogen and oxygen atoms in total. The summed E-state index contributed by atoms with van der Waals surface area (Å²) in [6.45, 7) is 0. The summed E-state index contributed by atoms with van der Waals surface area (Å²) in [6, 6.07) is 2.09. The fourth-order valence-corrected chi connectivity index (χ4v) is 1.61. The molecule has 0 bridgehead atoms. The van der Waals surface area contributed by atoms with Gasteiger partial charge in [-0.05, 0) is 31.9 Å². The lowest BCUT2D eigenvalue weighted by Crippen LogP contribution is -1.94. The molecule has 0 amide bonds. The van der Waals surface area contributed by atoms with E-state index < -0.39 is 9.85 Å². The van der Waals surface area contributed by atoms with Gasteiger partial charge in [0, 0.05) is 10.5 Å². The second-order valence-electron chi connectivity index (χ2n) is 2.27. The summed E-state index contributed by atoms with van der Waals surface area (Å²) in [5.41, 5.74) is -0.669. The van der Waals surface area contributed by atoms with E-state index in [-0.39, 0.29) is 20.3 Å². The quantitative estimate of drug-likeness (QED) is 0.617. The zero-order valence-electron chi connectivity index (χ0n) is 6.44. The van der Waals surface area contributed by atoms with Crippen molar-refractivity contribution < 1.29 is 9.85 Å². The highest BCUT2D eigenvalue weighted by molar-refractivity contribution is 9.13. The summed E-state index contributed by atoms with van der Waals surface area (Å²) in [4.78, 5) is 19.5. The lowest BCUT2D eigenvalue weighted by Gasteiger charge is -1.98. The molecule has 0 fully saturated rings. The fourth-order valence-electron chi connectivity index (χ4n) is 0.799. The molecule has 0 N–H and O–H groups in total. The van der Waals surface area contributed by atoms with Crippen molar-refractivity contribution in [3.05, 3.63) is 41.3 Å². The van der Waals surface area contributed by atoms with Gasteiger partial charge in [0.25, 0.3) is 11.4 Å². The minimum atomic E-state index is -0.693. The molecule has 0 aliphatic heterocycles. The van der Waals surface area contributed by atoms with Gasteiger partial charge in [0.2, 0.25) is 0 Å². The van der Waals surface area contributed by atoms with E-state index >= 15 is 0 Å². The van der Waals surface area contributed by atoms with Crippen LogP contribution < -0.4 is 0 Å². The number of hydrogen-bond donors (Lipinski definition) is 0. The molecule has 0 saturated heterocycles. The van der Waals surface area contributed by atoms with Crippen LogP contribution in [0.3, 0.4) is 0 Å². The van der Waals surface area contributed by atoms with Crippen LogP contribution in [0.5, 0.6) is 0 Å². The number of nitro groups is 2. The third-order valence-electron chi connectivity index (χ3n) is 1.40. The van der Waals surface area contributed by atoms with Gasteiger partial charge < -0.3 is 0 Å². The van der Waals surface area contributed by atoms with E-state index in [9.17, 15) is 20.2 Å². The molecule has 1 rings (SSSR count). The number of nitro benzene ring substituents is 2. The van der Waals surface area contributed by atoms with Crippen molar-refractivity contribution in [3.63, 3.8) is 0 Å². The second-order valence-corrected chi connectivity index (χ2v) is 3.92. The van der Waals surface area contributed by atoms with Crippen LogP contribution in [0.4, 0.5) is 11.4 Å². The molecule has 0 unspecified atom stereocenters. The average molecular weight is 326 g/mol. The number of rotatable bonds is 2. The molecule has 74 valence electrons. The summed E-state index contributed by atoms with van der Waals surface area (Å²) < 4.78 is 0.464. The van der Waals surface area contributed by atoms with Gasteiger partial charge in [-0.1, -0.05) is 0 Å². The Balaban J connectivity index is 3.43. The summed E-state index contributed by atoms with van der Waals surface area (Å²) in [7, 11) is 0. The Morgan fingerprint density at radius 2 is 1.64 bits per heavy atom. The van der Waals surface area contributed by atoms with Crippen LogP contribution in [-0.2, 0) is 0 Å². The van der Waals surface area contributed by atoms with Crippen LogP contribution in [-0.4, -0.2) is 9.85 Å². The van der Waals surface area contributed by atoms with Crippen LogP contribution in [0.2, 0.25) is 0 Å². The molecule has 0 atom stereocenters. The Labute approximate surface area is 94.5 Å². The van der Waals surface area contributed by atoms with E-state index in [0.29, 0.717) is 0 Å². The summed E-state index contributed by atoms with van der Waals surface area (Å²) >= 11 is 5.93. The van der Waals surface area contributed by atoms with Crippen molar-refractivity contribution in [1.82, 2.24) is 0 Å². The highest BCUT2D eigenvalue weighted by Gasteiger charge is 2.21. The van der Waals surface area contributed by atoms with Crippen molar-refractivity contribution in [2.24, 2.45) is 0 Å². The first-order chi connectivity index (χ1) is 6.43. The van der Waals surface area contributed by atoms with Crippen molar-refractivity contribution >= 4 is 43.2 Å². The van der Waals surface area contributed by atoms with Gasteiger partial charge in [-0.3, -0.25) is 20.2 Å². The van der Waals surface area contributed by atoms with Crippen molar-refractivity contribution in [3.8, 4) is 0 Å². The molecule has 1 aromatic carbocycles. The van der Waals surface area contributed by atoms with Gasteiger partial charge in [-0.25, -0.2) is 0 Å². The molecule has 0 aromatic heterocycles. The van der Waals surface area contributed by atoms with Gasteiger partial charge in [0.05, 0.1) is 15.9 Å². The van der Waals surface area contributed by atoms with E-state index in [4.69, 9.17) is 0 Å². The maximum absolute atomic E-state index is 10.5. The van der Waals surface area contributed by atoms with Crippen molar-refractivity contribution in [1.29, 1.82) is 0 Å². The van der Waals surface area contributed by atoms with Crippen molar-refractivity contribution in [2.45, 2.75) is 0 Å². The monoisotopic (exact) mass is 324 g/mol. The lowest BCUT2D eigenvalue weighted by molar-refractivity contribution is -0.394. The van der Waals surface area contributed by atoms with E-state index in [1.165, 1.54) is 6.07 Å². The topological polar surface area (TPSA) is 86.3 Å². The number of benzene rings is 1. The maximum Gasteiger partial charge on any atom is 0.291 e. The predicted molar refractivity (Wildman–Crippen MR) is 55.2 cm³/mol. The Bertz CT molecular complexity index is 421. The first kappa shape index (κ1) is 11.1. The third-order valence-corrected chi connectivity index (χ3v) is 3.39. The molecule has 14 heavy (non-hydrogen) atoms. The molecular formula is C6H2Br2N2O4. The van der Waals surface area contributed by atoms with Crippen LogP contribution in [0.25, 0.3) is 0 Å². The zero-order valence-corrected chi connectivity index (χ0v) is 9.61. The first-order valence-electron chi connectivity index (χ1n) is 3.21. The number of nitrogens with zero attached hydrogens (tertiary/aromatic N) is 2. The molecule has 1 aromatic rings. The Kier molecular flexibility index (Phi) is 3.17. The van der Waals surface area contributed by atoms with E-state index in [1.54, 1.807) is 0 Å². The van der Waals surface area contributed by atoms with Gasteiger partial charge in [0.15, 0.2) is 0 Å². The summed E-state index contributed by atoms with van der Waals surface area (Å²) in [6.07, 6.45) is 0. The molecule has 0 saturated carbocycles. The Hall–Kier alpha value is -1.02. The smallest absolute Gasteiger partial charge is 0.258 e. The standard InChI is InChI=1S/C6H2Br2N2O4/c7-4-1-3(9(11)12)2-5(6(4)8)10(13)14/h1-2H. The Morgan fingerprint density at radius 3 is 2.07 bits per heavy atom. The lowest BCUT2D eigenvalue weighted by atomic mass is 10.3. The summed E-state index contributed by atoms with van der Waals surface area (Å²) in [5, 5.41) is 20.9. The first-order valence-corrected chi connectivity index (χ1v) is 4.80. The highest BCUT2D eigenvalue weighted by atomic mass is 79.9. The maximum atomic E-state index is 10.5. The van der Waals surface area contributed by atoms with Gasteiger partial charge in [-0.2, -0.15) is 0 Å². The van der Waals surface area contributed by atoms with Crippen LogP contribution in [0.1, 0.15) is 0 Å². The highest BCUT2D eigenvalue weighted by Crippen LogP contribution is 2.36. The van der Waals surface area contributed by atoms with E-state index in [0.717, 1.165) is 6.07 Å². The molecule has 0 aliphatic rings. The van der Waals surface area contributed by atoms with Crippen LogP contribution in [0, 0.1) is 20.2 Å². The number of halogens is 2. The third kappa shape index (κ3) is 2.07. The van der Waals surface area contributed by atoms with Gasteiger partial charge in [-0.15, -0.1) is 0 Å². The molecule has 0 heterocycles. The minimum Gasteiger partial charge on any atom is -0.258 e. The fraction of sp³-hybridized carbons (Fsp3) is 0. The molecular weight excluding hydrogens is 324 g/mol. The molecule has 0 spiro atoms. The Morgan fingerprint density at radius 1 is 1.07 bits per heavy atom. The number of hydrogen-bond acceptors (Lipinski definition) is 4. The minimum absolute atomic E-state index is 0.188. The normalized spacial score (nSPS) is 9.86. The van der Waals surface area contributed by atoms with Crippen LogP contribution >= 0.6 is 31.9 Å². The second kappa shape index (κ2) is 4.01. The average Bonchev–Trinajstić information content (AvgIpc) is 2.08. The predicted octanol–water partition coefficient (Wildman–Crippen LogP) is 3.03. The van der Waals surface area contributed by atoms with E-state index in [2.05, 4.69) is 31.9 Å². The molecule has 0 aliphatic carbocycles. The number of non-ortho nitro benzene ring substituents is 1. The summed E-state index contributed by atoms with van der Waals surface area (Å²) in [5.74, 6) is 0. The molecule has 8 heteroatoms. The molecule has 0 radical (unpaired) electrons. The van der Waals surface area contributed by atoms with Crippen LogP contribution in [0.15, 0.2) is 21.1 Å². The van der Waals surface area contributed by atoms with E-state index in [1.807, 2.05) is 0 Å².